The molecular weight excluding hydrogens is 446 g/mol. The van der Waals surface area contributed by atoms with E-state index in [4.69, 9.17) is 4.74 Å². The summed E-state index contributed by atoms with van der Waals surface area (Å²) in [4.78, 5) is 13.9. The summed E-state index contributed by atoms with van der Waals surface area (Å²) >= 11 is 1.63. The summed E-state index contributed by atoms with van der Waals surface area (Å²) in [5.41, 5.74) is 1.63. The Balaban J connectivity index is 1.37. The van der Waals surface area contributed by atoms with Crippen molar-refractivity contribution in [1.82, 2.24) is 9.62 Å². The molecule has 168 valence electrons. The average Bonchev–Trinajstić information content (AvgIpc) is 3.35. The number of hydrogen-bond acceptors (Lipinski definition) is 6. The van der Waals surface area contributed by atoms with Gasteiger partial charge in [-0.2, -0.15) is 4.31 Å². The molecule has 7 nitrogen and oxygen atoms in total. The van der Waals surface area contributed by atoms with Crippen molar-refractivity contribution in [3.8, 4) is 0 Å². The summed E-state index contributed by atoms with van der Waals surface area (Å²) in [5.74, 6) is -0.203. The second kappa shape index (κ2) is 10.4. The molecule has 1 atom stereocenters. The van der Waals surface area contributed by atoms with Crippen LogP contribution in [-0.2, 0) is 19.6 Å². The van der Waals surface area contributed by atoms with Crippen molar-refractivity contribution in [3.63, 3.8) is 0 Å². The molecule has 2 N–H and O–H groups in total. The lowest BCUT2D eigenvalue weighted by molar-refractivity contribution is -0.115. The Bertz CT molecular complexity index is 1110. The monoisotopic (exact) mass is 471 g/mol. The fourth-order valence-corrected chi connectivity index (χ4v) is 5.76. The van der Waals surface area contributed by atoms with Crippen molar-refractivity contribution in [3.05, 3.63) is 82.6 Å². The second-order valence-electron chi connectivity index (χ2n) is 7.33. The number of carbonyl (C=O) groups is 1. The highest BCUT2D eigenvalue weighted by Crippen LogP contribution is 2.26. The fourth-order valence-electron chi connectivity index (χ4n) is 3.53. The van der Waals surface area contributed by atoms with Crippen molar-refractivity contribution >= 4 is 33.0 Å². The van der Waals surface area contributed by atoms with Crippen molar-refractivity contribution in [1.29, 1.82) is 0 Å². The topological polar surface area (TPSA) is 87.7 Å². The smallest absolute Gasteiger partial charge is 0.243 e. The first-order chi connectivity index (χ1) is 15.5. The van der Waals surface area contributed by atoms with Crippen LogP contribution >= 0.6 is 11.3 Å². The largest absolute Gasteiger partial charge is 0.379 e. The summed E-state index contributed by atoms with van der Waals surface area (Å²) in [5, 5.41) is 8.16. The molecule has 1 fully saturated rings. The molecule has 0 unspecified atom stereocenters. The van der Waals surface area contributed by atoms with Crippen LogP contribution in [0.5, 0.6) is 0 Å². The molecule has 1 saturated heterocycles. The number of nitrogens with zero attached hydrogens (tertiary/aromatic N) is 1. The van der Waals surface area contributed by atoms with Crippen molar-refractivity contribution in [2.75, 3.05) is 38.2 Å². The number of morpholine rings is 1. The number of nitrogens with one attached hydrogen (secondary N) is 2. The van der Waals surface area contributed by atoms with Crippen LogP contribution in [0.4, 0.5) is 5.69 Å². The van der Waals surface area contributed by atoms with Crippen molar-refractivity contribution < 1.29 is 17.9 Å². The summed E-state index contributed by atoms with van der Waals surface area (Å²) in [6, 6.07) is 20.2. The number of benzene rings is 2. The minimum Gasteiger partial charge on any atom is -0.379 e. The zero-order valence-electron chi connectivity index (χ0n) is 17.4. The van der Waals surface area contributed by atoms with E-state index >= 15 is 0 Å². The van der Waals surface area contributed by atoms with E-state index in [1.807, 2.05) is 47.8 Å². The molecule has 4 rings (SSSR count). The van der Waals surface area contributed by atoms with Gasteiger partial charge in [0.1, 0.15) is 0 Å². The van der Waals surface area contributed by atoms with Gasteiger partial charge in [0.05, 0.1) is 30.7 Å². The molecule has 0 spiro atoms. The molecule has 2 heterocycles. The number of rotatable bonds is 8. The highest BCUT2D eigenvalue weighted by Gasteiger charge is 2.26. The Morgan fingerprint density at radius 2 is 1.72 bits per heavy atom. The van der Waals surface area contributed by atoms with Crippen LogP contribution in [0.3, 0.4) is 0 Å². The van der Waals surface area contributed by atoms with E-state index in [-0.39, 0.29) is 23.4 Å². The molecule has 1 aliphatic heterocycles. The average molecular weight is 472 g/mol. The predicted octanol–water partition coefficient (Wildman–Crippen LogP) is 3.09. The number of anilines is 1. The standard InChI is InChI=1S/C23H25N3O4S2/c27-22(17-24-23(21-7-4-16-31-21)18-5-2-1-3-6-18)25-19-8-10-20(11-9-19)32(28,29)26-12-14-30-15-13-26/h1-11,16,23-24H,12-15,17H2,(H,25,27)/t23-/m0/s1. The van der Waals surface area contributed by atoms with E-state index in [2.05, 4.69) is 10.6 Å². The summed E-state index contributed by atoms with van der Waals surface area (Å²) in [7, 11) is -3.56. The Morgan fingerprint density at radius 1 is 1.00 bits per heavy atom. The summed E-state index contributed by atoms with van der Waals surface area (Å²) in [6.07, 6.45) is 0. The number of thiophene rings is 1. The van der Waals surface area contributed by atoms with Crippen LogP contribution < -0.4 is 10.6 Å². The van der Waals surface area contributed by atoms with Gasteiger partial charge in [-0.1, -0.05) is 36.4 Å². The van der Waals surface area contributed by atoms with Gasteiger partial charge in [0, 0.05) is 23.7 Å². The van der Waals surface area contributed by atoms with Gasteiger partial charge in [-0.3, -0.25) is 10.1 Å². The van der Waals surface area contributed by atoms with Gasteiger partial charge in [0.2, 0.25) is 15.9 Å². The van der Waals surface area contributed by atoms with Gasteiger partial charge in [-0.05, 0) is 41.3 Å². The van der Waals surface area contributed by atoms with Crippen LogP contribution in [0.2, 0.25) is 0 Å². The number of hydrogen-bond donors (Lipinski definition) is 2. The summed E-state index contributed by atoms with van der Waals surface area (Å²) in [6.45, 7) is 1.61. The number of sulfonamides is 1. The maximum atomic E-state index is 12.7. The number of amides is 1. The molecule has 0 radical (unpaired) electrons. The van der Waals surface area contributed by atoms with Crippen LogP contribution in [0.25, 0.3) is 0 Å². The van der Waals surface area contributed by atoms with Gasteiger partial charge < -0.3 is 10.1 Å². The Morgan fingerprint density at radius 3 is 2.38 bits per heavy atom. The Kier molecular flexibility index (Phi) is 7.33. The lowest BCUT2D eigenvalue weighted by Gasteiger charge is -2.26. The fraction of sp³-hybridized carbons (Fsp3) is 0.261. The first kappa shape index (κ1) is 22.6. The van der Waals surface area contributed by atoms with E-state index in [9.17, 15) is 13.2 Å². The van der Waals surface area contributed by atoms with Crippen LogP contribution in [0, 0.1) is 0 Å². The van der Waals surface area contributed by atoms with Gasteiger partial charge in [-0.25, -0.2) is 8.42 Å². The predicted molar refractivity (Wildman–Crippen MR) is 125 cm³/mol. The maximum absolute atomic E-state index is 12.7. The molecule has 1 amide bonds. The van der Waals surface area contributed by atoms with E-state index in [1.54, 1.807) is 23.5 Å². The lowest BCUT2D eigenvalue weighted by atomic mass is 10.1. The molecule has 32 heavy (non-hydrogen) atoms. The molecule has 9 heteroatoms. The molecule has 3 aromatic rings. The van der Waals surface area contributed by atoms with Gasteiger partial charge >= 0.3 is 0 Å². The van der Waals surface area contributed by atoms with E-state index in [1.165, 1.54) is 16.4 Å². The first-order valence-corrected chi connectivity index (χ1v) is 12.7. The third kappa shape index (κ3) is 5.43. The van der Waals surface area contributed by atoms with Gasteiger partial charge in [0.25, 0.3) is 0 Å². The molecule has 0 bridgehead atoms. The minimum atomic E-state index is -3.56. The molecule has 1 aromatic heterocycles. The van der Waals surface area contributed by atoms with Gasteiger partial charge in [0.15, 0.2) is 0 Å². The normalized spacial score (nSPS) is 15.9. The quantitative estimate of drug-likeness (QED) is 0.527. The van der Waals surface area contributed by atoms with E-state index < -0.39 is 10.0 Å². The molecular formula is C23H25N3O4S2. The summed E-state index contributed by atoms with van der Waals surface area (Å²) < 4.78 is 32.1. The highest BCUT2D eigenvalue weighted by atomic mass is 32.2. The van der Waals surface area contributed by atoms with Crippen molar-refractivity contribution in [2.24, 2.45) is 0 Å². The molecule has 0 saturated carbocycles. The third-order valence-electron chi connectivity index (χ3n) is 5.17. The second-order valence-corrected chi connectivity index (χ2v) is 10.2. The zero-order chi connectivity index (χ0) is 22.4. The van der Waals surface area contributed by atoms with Gasteiger partial charge in [-0.15, -0.1) is 11.3 Å². The first-order valence-electron chi connectivity index (χ1n) is 10.3. The van der Waals surface area contributed by atoms with E-state index in [0.29, 0.717) is 32.0 Å². The maximum Gasteiger partial charge on any atom is 0.243 e. The number of ether oxygens (including phenoxy) is 1. The molecule has 1 aliphatic rings. The van der Waals surface area contributed by atoms with Crippen LogP contribution in [-0.4, -0.2) is 51.5 Å². The Hall–Kier alpha value is -2.56. The molecule has 2 aromatic carbocycles. The van der Waals surface area contributed by atoms with Crippen LogP contribution in [0.15, 0.2) is 77.0 Å². The highest BCUT2D eigenvalue weighted by molar-refractivity contribution is 7.89. The van der Waals surface area contributed by atoms with Crippen molar-refractivity contribution in [2.45, 2.75) is 10.9 Å². The van der Waals surface area contributed by atoms with Crippen LogP contribution in [0.1, 0.15) is 16.5 Å². The van der Waals surface area contributed by atoms with E-state index in [0.717, 1.165) is 10.4 Å². The SMILES string of the molecule is O=C(CN[C@@H](c1ccccc1)c1cccs1)Nc1ccc(S(=O)(=O)N2CCOCC2)cc1. The molecule has 0 aliphatic carbocycles. The minimum absolute atomic E-state index is 0.0806. The Labute approximate surface area is 192 Å². The lowest BCUT2D eigenvalue weighted by Crippen LogP contribution is -2.40. The third-order valence-corrected chi connectivity index (χ3v) is 8.02. The zero-order valence-corrected chi connectivity index (χ0v) is 19.1. The number of carbonyl (C=O) groups excluding carboxylic acids is 1.